The van der Waals surface area contributed by atoms with Crippen LogP contribution in [-0.4, -0.2) is 24.0 Å². The Morgan fingerprint density at radius 1 is 1.26 bits per heavy atom. The van der Waals surface area contributed by atoms with E-state index in [2.05, 4.69) is 43.0 Å². The highest BCUT2D eigenvalue weighted by atomic mass is 15.2. The van der Waals surface area contributed by atoms with Gasteiger partial charge in [0.15, 0.2) is 0 Å². The van der Waals surface area contributed by atoms with Crippen molar-refractivity contribution in [2.24, 2.45) is 5.73 Å². The number of hydrogen-bond acceptors (Lipinski definition) is 2. The first-order valence-electron chi connectivity index (χ1n) is 7.85. The van der Waals surface area contributed by atoms with Gasteiger partial charge in [-0.15, -0.1) is 0 Å². The first-order chi connectivity index (χ1) is 9.31. The van der Waals surface area contributed by atoms with Crippen molar-refractivity contribution in [1.29, 1.82) is 0 Å². The van der Waals surface area contributed by atoms with Crippen LogP contribution < -0.4 is 5.73 Å². The molecule has 0 amide bonds. The Labute approximate surface area is 118 Å². The molecule has 1 heterocycles. The van der Waals surface area contributed by atoms with Gasteiger partial charge in [0.1, 0.15) is 0 Å². The number of benzene rings is 1. The minimum absolute atomic E-state index is 0.404. The van der Waals surface area contributed by atoms with Crippen molar-refractivity contribution in [1.82, 2.24) is 4.90 Å². The van der Waals surface area contributed by atoms with Gasteiger partial charge in [-0.3, -0.25) is 4.90 Å². The van der Waals surface area contributed by atoms with Gasteiger partial charge in [0.25, 0.3) is 0 Å². The highest BCUT2D eigenvalue weighted by Gasteiger charge is 2.28. The van der Waals surface area contributed by atoms with E-state index in [-0.39, 0.29) is 0 Å². The molecule has 2 N–H and O–H groups in total. The molecule has 19 heavy (non-hydrogen) atoms. The molecule has 1 aliphatic rings. The van der Waals surface area contributed by atoms with Crippen molar-refractivity contribution < 1.29 is 0 Å². The van der Waals surface area contributed by atoms with Crippen LogP contribution in [0.1, 0.15) is 56.7 Å². The third-order valence-electron chi connectivity index (χ3n) is 4.56. The van der Waals surface area contributed by atoms with Crippen molar-refractivity contribution in [3.63, 3.8) is 0 Å². The second-order valence-electron chi connectivity index (χ2n) is 5.60. The smallest absolute Gasteiger partial charge is 0.0476 e. The Bertz CT molecular complexity index is 389. The van der Waals surface area contributed by atoms with Gasteiger partial charge in [0, 0.05) is 18.6 Å². The fourth-order valence-corrected chi connectivity index (χ4v) is 3.49. The van der Waals surface area contributed by atoms with E-state index in [0.29, 0.717) is 12.1 Å². The van der Waals surface area contributed by atoms with Crippen LogP contribution in [0.5, 0.6) is 0 Å². The quantitative estimate of drug-likeness (QED) is 0.878. The lowest BCUT2D eigenvalue weighted by Gasteiger charge is -2.41. The van der Waals surface area contributed by atoms with Crippen LogP contribution in [0.15, 0.2) is 24.3 Å². The number of aryl methyl sites for hydroxylation is 1. The number of piperidine rings is 1. The van der Waals surface area contributed by atoms with E-state index < -0.39 is 0 Å². The monoisotopic (exact) mass is 260 g/mol. The SMILES string of the molecule is CCc1ccccc1C(CN)N1CCCCC1CC. The summed E-state index contributed by atoms with van der Waals surface area (Å²) in [6, 6.07) is 9.94. The maximum absolute atomic E-state index is 6.13. The van der Waals surface area contributed by atoms with Crippen molar-refractivity contribution in [3.8, 4) is 0 Å². The number of nitrogens with two attached hydrogens (primary N) is 1. The molecule has 106 valence electrons. The molecule has 0 saturated carbocycles. The summed E-state index contributed by atoms with van der Waals surface area (Å²) >= 11 is 0. The van der Waals surface area contributed by atoms with Crippen LogP contribution in [0.4, 0.5) is 0 Å². The summed E-state index contributed by atoms with van der Waals surface area (Å²) in [5, 5.41) is 0. The molecule has 2 heteroatoms. The molecule has 1 saturated heterocycles. The summed E-state index contributed by atoms with van der Waals surface area (Å²) in [4.78, 5) is 2.66. The van der Waals surface area contributed by atoms with Gasteiger partial charge in [-0.05, 0) is 43.4 Å². The Morgan fingerprint density at radius 2 is 2.05 bits per heavy atom. The Kier molecular flexibility index (Phi) is 5.41. The van der Waals surface area contributed by atoms with Crippen molar-refractivity contribution in [2.45, 2.75) is 58.0 Å². The summed E-state index contributed by atoms with van der Waals surface area (Å²) in [5.74, 6) is 0. The Balaban J connectivity index is 2.27. The second kappa shape index (κ2) is 7.06. The summed E-state index contributed by atoms with van der Waals surface area (Å²) < 4.78 is 0. The van der Waals surface area contributed by atoms with Gasteiger partial charge < -0.3 is 5.73 Å². The molecule has 0 bridgehead atoms. The van der Waals surface area contributed by atoms with Crippen LogP contribution in [-0.2, 0) is 6.42 Å². The first-order valence-corrected chi connectivity index (χ1v) is 7.85. The molecule has 0 radical (unpaired) electrons. The van der Waals surface area contributed by atoms with Gasteiger partial charge in [-0.1, -0.05) is 44.5 Å². The predicted molar refractivity (Wildman–Crippen MR) is 82.3 cm³/mol. The molecule has 0 spiro atoms. The lowest BCUT2D eigenvalue weighted by Crippen LogP contribution is -2.44. The molecule has 2 nitrogen and oxygen atoms in total. The number of likely N-dealkylation sites (tertiary alicyclic amines) is 1. The van der Waals surface area contributed by atoms with Crippen LogP contribution in [0.25, 0.3) is 0 Å². The second-order valence-corrected chi connectivity index (χ2v) is 5.60. The molecule has 1 fully saturated rings. The Hall–Kier alpha value is -0.860. The van der Waals surface area contributed by atoms with Crippen molar-refractivity contribution >= 4 is 0 Å². The van der Waals surface area contributed by atoms with Crippen LogP contribution in [0.3, 0.4) is 0 Å². The normalized spacial score (nSPS) is 22.4. The maximum atomic E-state index is 6.13. The zero-order valence-electron chi connectivity index (χ0n) is 12.4. The molecule has 1 aromatic carbocycles. The number of hydrogen-bond donors (Lipinski definition) is 1. The van der Waals surface area contributed by atoms with E-state index in [9.17, 15) is 0 Å². The molecule has 0 aromatic heterocycles. The van der Waals surface area contributed by atoms with E-state index in [1.807, 2.05) is 0 Å². The number of rotatable bonds is 5. The zero-order chi connectivity index (χ0) is 13.7. The fourth-order valence-electron chi connectivity index (χ4n) is 3.49. The molecular formula is C17H28N2. The van der Waals surface area contributed by atoms with Crippen molar-refractivity contribution in [3.05, 3.63) is 35.4 Å². The van der Waals surface area contributed by atoms with E-state index in [4.69, 9.17) is 5.73 Å². The van der Waals surface area contributed by atoms with Crippen molar-refractivity contribution in [2.75, 3.05) is 13.1 Å². The zero-order valence-corrected chi connectivity index (χ0v) is 12.4. The van der Waals surface area contributed by atoms with Gasteiger partial charge >= 0.3 is 0 Å². The lowest BCUT2D eigenvalue weighted by atomic mass is 9.92. The summed E-state index contributed by atoms with van der Waals surface area (Å²) in [5.41, 5.74) is 9.04. The Morgan fingerprint density at radius 3 is 2.74 bits per heavy atom. The van der Waals surface area contributed by atoms with Crippen LogP contribution >= 0.6 is 0 Å². The third-order valence-corrected chi connectivity index (χ3v) is 4.56. The summed E-state index contributed by atoms with van der Waals surface area (Å²) in [7, 11) is 0. The van der Waals surface area contributed by atoms with Crippen LogP contribution in [0.2, 0.25) is 0 Å². The lowest BCUT2D eigenvalue weighted by molar-refractivity contribution is 0.0945. The average molecular weight is 260 g/mol. The highest BCUT2D eigenvalue weighted by molar-refractivity contribution is 5.30. The largest absolute Gasteiger partial charge is 0.329 e. The van der Waals surface area contributed by atoms with Gasteiger partial charge in [0.05, 0.1) is 0 Å². The minimum Gasteiger partial charge on any atom is -0.329 e. The molecule has 1 aliphatic heterocycles. The van der Waals surface area contributed by atoms with Crippen LogP contribution in [0, 0.1) is 0 Å². The number of nitrogens with zero attached hydrogens (tertiary/aromatic N) is 1. The van der Waals surface area contributed by atoms with E-state index >= 15 is 0 Å². The highest BCUT2D eigenvalue weighted by Crippen LogP contribution is 2.31. The standard InChI is InChI=1S/C17H28N2/c1-3-14-9-5-6-11-16(14)17(13-18)19-12-8-7-10-15(19)4-2/h5-6,9,11,15,17H,3-4,7-8,10,12-13,18H2,1-2H3. The average Bonchev–Trinajstić information content (AvgIpc) is 2.49. The first kappa shape index (κ1) is 14.5. The van der Waals surface area contributed by atoms with E-state index in [1.165, 1.54) is 43.4 Å². The molecule has 2 rings (SSSR count). The van der Waals surface area contributed by atoms with E-state index in [1.54, 1.807) is 0 Å². The molecule has 2 atom stereocenters. The molecule has 2 unspecified atom stereocenters. The topological polar surface area (TPSA) is 29.3 Å². The molecule has 0 aliphatic carbocycles. The van der Waals surface area contributed by atoms with E-state index in [0.717, 1.165) is 13.0 Å². The van der Waals surface area contributed by atoms with Gasteiger partial charge in [-0.25, -0.2) is 0 Å². The fraction of sp³-hybridized carbons (Fsp3) is 0.647. The predicted octanol–water partition coefficient (Wildman–Crippen LogP) is 3.51. The summed E-state index contributed by atoms with van der Waals surface area (Å²) in [6.45, 7) is 6.48. The molecular weight excluding hydrogens is 232 g/mol. The third kappa shape index (κ3) is 3.18. The maximum Gasteiger partial charge on any atom is 0.0476 e. The van der Waals surface area contributed by atoms with Gasteiger partial charge in [0.2, 0.25) is 0 Å². The van der Waals surface area contributed by atoms with Gasteiger partial charge in [-0.2, -0.15) is 0 Å². The summed E-state index contributed by atoms with van der Waals surface area (Å²) in [6.07, 6.45) is 6.37. The minimum atomic E-state index is 0.404. The molecule has 1 aromatic rings.